The molecule has 2 N–H and O–H groups in total. The first kappa shape index (κ1) is 12.8. The van der Waals surface area contributed by atoms with E-state index in [1.54, 1.807) is 6.33 Å². The van der Waals surface area contributed by atoms with Crippen LogP contribution >= 0.6 is 0 Å². The van der Waals surface area contributed by atoms with E-state index in [2.05, 4.69) is 58.6 Å². The van der Waals surface area contributed by atoms with Gasteiger partial charge >= 0.3 is 0 Å². The maximum atomic E-state index is 4.11. The van der Waals surface area contributed by atoms with Gasteiger partial charge in [-0.2, -0.15) is 5.10 Å². The first-order valence-corrected chi connectivity index (χ1v) is 6.40. The Bertz CT molecular complexity index is 464. The van der Waals surface area contributed by atoms with Gasteiger partial charge in [-0.05, 0) is 37.9 Å². The van der Waals surface area contributed by atoms with Crippen molar-refractivity contribution in [2.75, 3.05) is 6.54 Å². The Balaban J connectivity index is 1.75. The lowest BCUT2D eigenvalue weighted by molar-refractivity contribution is 0.552. The molecule has 0 bridgehead atoms. The third-order valence-corrected chi connectivity index (χ3v) is 3.16. The molecule has 4 nitrogen and oxygen atoms in total. The van der Waals surface area contributed by atoms with Crippen LogP contribution in [-0.2, 0) is 6.42 Å². The summed E-state index contributed by atoms with van der Waals surface area (Å²) < 4.78 is 0. The fraction of sp³-hybridized carbons (Fsp3) is 0.429. The molecule has 0 spiro atoms. The van der Waals surface area contributed by atoms with Crippen LogP contribution in [0.3, 0.4) is 0 Å². The lowest BCUT2D eigenvalue weighted by Crippen LogP contribution is -2.21. The van der Waals surface area contributed by atoms with Gasteiger partial charge in [0.1, 0.15) is 12.2 Å². The van der Waals surface area contributed by atoms with Crippen molar-refractivity contribution in [3.63, 3.8) is 0 Å². The molecule has 0 saturated heterocycles. The van der Waals surface area contributed by atoms with E-state index in [0.29, 0.717) is 6.04 Å². The number of rotatable bonds is 6. The Kier molecular flexibility index (Phi) is 4.47. The van der Waals surface area contributed by atoms with Crippen molar-refractivity contribution in [1.82, 2.24) is 20.5 Å². The Morgan fingerprint density at radius 2 is 2.17 bits per heavy atom. The summed E-state index contributed by atoms with van der Waals surface area (Å²) in [6, 6.07) is 8.90. The zero-order valence-electron chi connectivity index (χ0n) is 11.0. The predicted molar refractivity (Wildman–Crippen MR) is 72.3 cm³/mol. The largest absolute Gasteiger partial charge is 0.310 e. The highest BCUT2D eigenvalue weighted by Crippen LogP contribution is 2.16. The van der Waals surface area contributed by atoms with Crippen LogP contribution in [0.15, 0.2) is 30.6 Å². The molecule has 96 valence electrons. The number of nitrogens with zero attached hydrogens (tertiary/aromatic N) is 2. The molecule has 1 aromatic carbocycles. The van der Waals surface area contributed by atoms with Crippen molar-refractivity contribution < 1.29 is 0 Å². The lowest BCUT2D eigenvalue weighted by Gasteiger charge is -2.16. The summed E-state index contributed by atoms with van der Waals surface area (Å²) in [5.74, 6) is 0.959. The monoisotopic (exact) mass is 244 g/mol. The topological polar surface area (TPSA) is 53.6 Å². The molecule has 0 radical (unpaired) electrons. The minimum Gasteiger partial charge on any atom is -0.310 e. The second-order valence-electron chi connectivity index (χ2n) is 4.57. The summed E-state index contributed by atoms with van der Waals surface area (Å²) in [5, 5.41) is 10.3. The molecule has 1 heterocycles. The van der Waals surface area contributed by atoms with Gasteiger partial charge in [0.05, 0.1) is 0 Å². The van der Waals surface area contributed by atoms with E-state index in [9.17, 15) is 0 Å². The van der Waals surface area contributed by atoms with Crippen molar-refractivity contribution in [2.45, 2.75) is 32.7 Å². The van der Waals surface area contributed by atoms with E-state index >= 15 is 0 Å². The summed E-state index contributed by atoms with van der Waals surface area (Å²) >= 11 is 0. The van der Waals surface area contributed by atoms with Crippen LogP contribution in [0.25, 0.3) is 0 Å². The summed E-state index contributed by atoms with van der Waals surface area (Å²) in [5.41, 5.74) is 2.71. The molecular formula is C14H20N4. The highest BCUT2D eigenvalue weighted by atomic mass is 15.2. The fourth-order valence-electron chi connectivity index (χ4n) is 2.11. The number of nitrogens with one attached hydrogen (secondary N) is 2. The fourth-order valence-corrected chi connectivity index (χ4v) is 2.11. The number of benzene rings is 1. The van der Waals surface area contributed by atoms with Crippen LogP contribution in [0.4, 0.5) is 0 Å². The average Bonchev–Trinajstić information content (AvgIpc) is 2.88. The van der Waals surface area contributed by atoms with Gasteiger partial charge in [-0.25, -0.2) is 4.98 Å². The van der Waals surface area contributed by atoms with E-state index < -0.39 is 0 Å². The summed E-state index contributed by atoms with van der Waals surface area (Å²) in [7, 11) is 0. The van der Waals surface area contributed by atoms with E-state index in [0.717, 1.165) is 25.2 Å². The van der Waals surface area contributed by atoms with Gasteiger partial charge in [-0.3, -0.25) is 5.10 Å². The summed E-state index contributed by atoms with van der Waals surface area (Å²) in [4.78, 5) is 4.11. The maximum absolute atomic E-state index is 4.11. The highest BCUT2D eigenvalue weighted by molar-refractivity contribution is 5.28. The van der Waals surface area contributed by atoms with Gasteiger partial charge in [-0.15, -0.1) is 0 Å². The number of aromatic nitrogens is 3. The molecule has 1 atom stereocenters. The van der Waals surface area contributed by atoms with Crippen molar-refractivity contribution in [2.24, 2.45) is 0 Å². The minimum atomic E-state index is 0.390. The molecule has 0 amide bonds. The van der Waals surface area contributed by atoms with Crippen LogP contribution in [-0.4, -0.2) is 21.7 Å². The van der Waals surface area contributed by atoms with E-state index in [4.69, 9.17) is 0 Å². The Morgan fingerprint density at radius 3 is 2.89 bits per heavy atom. The third kappa shape index (κ3) is 3.40. The zero-order valence-corrected chi connectivity index (χ0v) is 11.0. The normalized spacial score (nSPS) is 12.6. The van der Waals surface area contributed by atoms with Crippen LogP contribution in [0, 0.1) is 6.92 Å². The van der Waals surface area contributed by atoms with Crippen molar-refractivity contribution >= 4 is 0 Å². The second-order valence-corrected chi connectivity index (χ2v) is 4.57. The van der Waals surface area contributed by atoms with E-state index in [1.165, 1.54) is 11.1 Å². The molecule has 2 rings (SSSR count). The van der Waals surface area contributed by atoms with Crippen molar-refractivity contribution in [3.05, 3.63) is 47.5 Å². The highest BCUT2D eigenvalue weighted by Gasteiger charge is 2.06. The van der Waals surface area contributed by atoms with Gasteiger partial charge in [0.15, 0.2) is 0 Å². The first-order chi connectivity index (χ1) is 8.77. The van der Waals surface area contributed by atoms with E-state index in [1.807, 2.05) is 0 Å². The molecule has 0 fully saturated rings. The van der Waals surface area contributed by atoms with Crippen molar-refractivity contribution in [3.8, 4) is 0 Å². The van der Waals surface area contributed by atoms with Gasteiger partial charge in [-0.1, -0.05) is 24.3 Å². The van der Waals surface area contributed by atoms with Gasteiger partial charge < -0.3 is 5.32 Å². The maximum Gasteiger partial charge on any atom is 0.137 e. The number of hydrogen-bond acceptors (Lipinski definition) is 3. The third-order valence-electron chi connectivity index (χ3n) is 3.16. The first-order valence-electron chi connectivity index (χ1n) is 6.40. The number of aromatic amines is 1. The molecule has 0 aliphatic heterocycles. The lowest BCUT2D eigenvalue weighted by atomic mass is 10.0. The van der Waals surface area contributed by atoms with Gasteiger partial charge in [0.25, 0.3) is 0 Å². The Labute approximate surface area is 108 Å². The average molecular weight is 244 g/mol. The molecule has 0 saturated carbocycles. The number of H-pyrrole nitrogens is 1. The molecule has 0 aliphatic rings. The number of aryl methyl sites for hydroxylation is 2. The zero-order chi connectivity index (χ0) is 12.8. The Morgan fingerprint density at radius 1 is 1.33 bits per heavy atom. The SMILES string of the molecule is Cc1ccccc1C(C)NCCCc1ncn[nH]1. The Hall–Kier alpha value is -1.68. The molecule has 2 aromatic rings. The standard InChI is InChI=1S/C14H20N4/c1-11-6-3-4-7-13(11)12(2)15-9-5-8-14-16-10-17-18-14/h3-4,6-7,10,12,15H,5,8-9H2,1-2H3,(H,16,17,18). The van der Waals surface area contributed by atoms with Crippen LogP contribution in [0.5, 0.6) is 0 Å². The summed E-state index contributed by atoms with van der Waals surface area (Å²) in [6.45, 7) is 5.34. The number of hydrogen-bond donors (Lipinski definition) is 2. The van der Waals surface area contributed by atoms with Crippen LogP contribution in [0.1, 0.15) is 36.3 Å². The molecule has 4 heteroatoms. The van der Waals surface area contributed by atoms with Crippen LogP contribution in [0.2, 0.25) is 0 Å². The molecular weight excluding hydrogens is 224 g/mol. The van der Waals surface area contributed by atoms with Crippen LogP contribution < -0.4 is 5.32 Å². The minimum absolute atomic E-state index is 0.390. The quantitative estimate of drug-likeness (QED) is 0.767. The second kappa shape index (κ2) is 6.31. The molecule has 0 aliphatic carbocycles. The van der Waals surface area contributed by atoms with Gasteiger partial charge in [0, 0.05) is 12.5 Å². The van der Waals surface area contributed by atoms with Crippen molar-refractivity contribution in [1.29, 1.82) is 0 Å². The van der Waals surface area contributed by atoms with E-state index in [-0.39, 0.29) is 0 Å². The smallest absolute Gasteiger partial charge is 0.137 e. The van der Waals surface area contributed by atoms with Gasteiger partial charge in [0.2, 0.25) is 0 Å². The predicted octanol–water partition coefficient (Wildman–Crippen LogP) is 2.40. The molecule has 1 unspecified atom stereocenters. The molecule has 1 aromatic heterocycles. The summed E-state index contributed by atoms with van der Waals surface area (Å²) in [6.07, 6.45) is 3.55. The molecule has 18 heavy (non-hydrogen) atoms.